The second-order valence-electron chi connectivity index (χ2n) is 9.32. The molecule has 3 aromatic rings. The van der Waals surface area contributed by atoms with Crippen molar-refractivity contribution >= 4 is 75.5 Å². The molecule has 4 unspecified atom stereocenters. The van der Waals surface area contributed by atoms with Crippen LogP contribution in [0.4, 0.5) is 11.4 Å². The van der Waals surface area contributed by atoms with E-state index in [9.17, 15) is 14.4 Å². The number of nitrogens with one attached hydrogen (secondary N) is 2. The topological polar surface area (TPSA) is 104 Å². The van der Waals surface area contributed by atoms with Gasteiger partial charge in [-0.05, 0) is 37.3 Å². The first-order chi connectivity index (χ1) is 17.6. The van der Waals surface area contributed by atoms with E-state index >= 15 is 0 Å². The third kappa shape index (κ3) is 3.66. The summed E-state index contributed by atoms with van der Waals surface area (Å²) in [5.74, 6) is -3.51. The van der Waals surface area contributed by atoms with Gasteiger partial charge in [-0.3, -0.25) is 29.7 Å². The van der Waals surface area contributed by atoms with Gasteiger partial charge in [0.25, 0.3) is 0 Å². The van der Waals surface area contributed by atoms with Crippen LogP contribution in [0.15, 0.2) is 42.7 Å². The molecule has 4 heterocycles. The van der Waals surface area contributed by atoms with Crippen LogP contribution in [-0.4, -0.2) is 33.7 Å². The molecule has 0 saturated carbocycles. The van der Waals surface area contributed by atoms with E-state index in [1.165, 1.54) is 24.3 Å². The fourth-order valence-electron chi connectivity index (χ4n) is 5.67. The van der Waals surface area contributed by atoms with Gasteiger partial charge in [-0.2, -0.15) is 0 Å². The molecule has 0 radical (unpaired) electrons. The molecule has 0 aliphatic carbocycles. The molecule has 37 heavy (non-hydrogen) atoms. The van der Waals surface area contributed by atoms with Gasteiger partial charge in [0.05, 0.1) is 39.6 Å². The highest BCUT2D eigenvalue weighted by Crippen LogP contribution is 2.55. The number of benzene rings is 2. The van der Waals surface area contributed by atoms with Gasteiger partial charge < -0.3 is 5.32 Å². The molecule has 3 aliphatic heterocycles. The van der Waals surface area contributed by atoms with Crippen molar-refractivity contribution in [1.82, 2.24) is 15.3 Å². The minimum Gasteiger partial charge on any atom is -0.323 e. The Bertz CT molecular complexity index is 1490. The lowest BCUT2D eigenvalue weighted by Gasteiger charge is -2.29. The minimum atomic E-state index is -1.58. The Hall–Kier alpha value is -2.75. The maximum absolute atomic E-state index is 14.1. The van der Waals surface area contributed by atoms with Gasteiger partial charge in [0.15, 0.2) is 0 Å². The number of fused-ring (bicyclic) bond motifs is 4. The monoisotopic (exact) mass is 575 g/mol. The van der Waals surface area contributed by atoms with E-state index in [2.05, 4.69) is 20.6 Å². The van der Waals surface area contributed by atoms with E-state index < -0.39 is 41.1 Å². The van der Waals surface area contributed by atoms with E-state index in [0.717, 1.165) is 10.6 Å². The van der Waals surface area contributed by atoms with Gasteiger partial charge in [-0.1, -0.05) is 46.4 Å². The average Bonchev–Trinajstić information content (AvgIpc) is 3.40. The summed E-state index contributed by atoms with van der Waals surface area (Å²) in [5, 5.41) is 7.18. The lowest BCUT2D eigenvalue weighted by molar-refractivity contribution is -0.130. The van der Waals surface area contributed by atoms with Crippen molar-refractivity contribution in [3.05, 3.63) is 79.8 Å². The Balaban J connectivity index is 1.52. The van der Waals surface area contributed by atoms with Crippen molar-refractivity contribution in [3.63, 3.8) is 0 Å². The fraction of sp³-hybridized carbons (Fsp3) is 0.240. The lowest BCUT2D eigenvalue weighted by Crippen LogP contribution is -2.53. The number of rotatable bonds is 3. The molecule has 1 spiro atoms. The van der Waals surface area contributed by atoms with Crippen molar-refractivity contribution in [2.24, 2.45) is 11.8 Å². The first kappa shape index (κ1) is 24.6. The number of aromatic nitrogens is 2. The van der Waals surface area contributed by atoms with E-state index in [1.807, 2.05) is 6.92 Å². The van der Waals surface area contributed by atoms with Crippen LogP contribution in [0.2, 0.25) is 20.1 Å². The number of hydrogen-bond acceptors (Lipinski definition) is 6. The zero-order valence-electron chi connectivity index (χ0n) is 19.1. The highest BCUT2D eigenvalue weighted by atomic mass is 35.5. The molecule has 2 fully saturated rings. The van der Waals surface area contributed by atoms with Crippen molar-refractivity contribution in [1.29, 1.82) is 0 Å². The highest BCUT2D eigenvalue weighted by molar-refractivity contribution is 6.38. The number of carbonyl (C=O) groups excluding carboxylic acids is 3. The molecular weight excluding hydrogens is 560 g/mol. The van der Waals surface area contributed by atoms with Gasteiger partial charge >= 0.3 is 0 Å². The van der Waals surface area contributed by atoms with Gasteiger partial charge in [-0.15, -0.1) is 0 Å². The van der Waals surface area contributed by atoms with Crippen molar-refractivity contribution in [2.45, 2.75) is 24.9 Å². The maximum Gasteiger partial charge on any atom is 0.250 e. The summed E-state index contributed by atoms with van der Waals surface area (Å²) in [7, 11) is 0. The highest BCUT2D eigenvalue weighted by Gasteiger charge is 2.70. The summed E-state index contributed by atoms with van der Waals surface area (Å²) in [5.41, 5.74) is 0.750. The molecule has 1 aromatic heterocycles. The van der Waals surface area contributed by atoms with Crippen molar-refractivity contribution < 1.29 is 14.4 Å². The number of halogens is 4. The van der Waals surface area contributed by atoms with Crippen molar-refractivity contribution in [2.75, 3.05) is 10.2 Å². The second-order valence-corrected chi connectivity index (χ2v) is 11.0. The standard InChI is InChI=1S/C25H17Cl4N5O3/c1-10-8-31-14(9-30-10)7-18-19-20(23(36)34(22(19)35)15-3-11(26)2-12(27)4-15)25(33-18)16-5-13(28)6-17(29)21(16)32-24(25)37/h2-6,8-9,18-20,33H,7H2,1H3,(H,32,37). The molecule has 188 valence electrons. The quantitative estimate of drug-likeness (QED) is 0.443. The first-order valence-corrected chi connectivity index (χ1v) is 12.8. The zero-order valence-corrected chi connectivity index (χ0v) is 22.1. The smallest absolute Gasteiger partial charge is 0.250 e. The Morgan fingerprint density at radius 2 is 1.62 bits per heavy atom. The summed E-state index contributed by atoms with van der Waals surface area (Å²) in [6, 6.07) is 6.95. The molecule has 2 saturated heterocycles. The zero-order chi connectivity index (χ0) is 26.2. The summed E-state index contributed by atoms with van der Waals surface area (Å²) in [4.78, 5) is 51.4. The van der Waals surface area contributed by atoms with E-state index in [1.54, 1.807) is 18.5 Å². The van der Waals surface area contributed by atoms with Crippen LogP contribution in [-0.2, 0) is 26.3 Å². The summed E-state index contributed by atoms with van der Waals surface area (Å²) < 4.78 is 0. The van der Waals surface area contributed by atoms with Crippen LogP contribution < -0.4 is 15.5 Å². The van der Waals surface area contributed by atoms with E-state index in [-0.39, 0.29) is 27.2 Å². The SMILES string of the molecule is Cc1cnc(CC2NC3(C(=O)Nc4c(Cl)cc(Cl)cc43)C3C(=O)N(c4cc(Cl)cc(Cl)c4)C(=O)C23)cn1. The summed E-state index contributed by atoms with van der Waals surface area (Å²) in [6.07, 6.45) is 3.48. The molecule has 6 rings (SSSR count). The molecule has 8 nitrogen and oxygen atoms in total. The average molecular weight is 577 g/mol. The maximum atomic E-state index is 14.1. The number of carbonyl (C=O) groups is 3. The van der Waals surface area contributed by atoms with Crippen LogP contribution in [0, 0.1) is 18.8 Å². The fourth-order valence-corrected chi connectivity index (χ4v) is 6.73. The Morgan fingerprint density at radius 1 is 0.919 bits per heavy atom. The molecule has 3 aliphatic rings. The Morgan fingerprint density at radius 3 is 2.30 bits per heavy atom. The van der Waals surface area contributed by atoms with E-state index in [4.69, 9.17) is 46.4 Å². The number of aryl methyl sites for hydroxylation is 1. The molecular formula is C25H17Cl4N5O3. The Kier molecular flexibility index (Phi) is 5.74. The summed E-state index contributed by atoms with van der Waals surface area (Å²) >= 11 is 25.1. The lowest BCUT2D eigenvalue weighted by atomic mass is 9.76. The molecule has 2 aromatic carbocycles. The number of imide groups is 1. The first-order valence-electron chi connectivity index (χ1n) is 11.3. The van der Waals surface area contributed by atoms with Crippen LogP contribution in [0.1, 0.15) is 17.0 Å². The number of anilines is 2. The minimum absolute atomic E-state index is 0.230. The second kappa shape index (κ2) is 8.64. The predicted molar refractivity (Wildman–Crippen MR) is 140 cm³/mol. The predicted octanol–water partition coefficient (Wildman–Crippen LogP) is 4.57. The third-order valence-corrected chi connectivity index (χ3v) is 8.06. The van der Waals surface area contributed by atoms with Crippen LogP contribution >= 0.6 is 46.4 Å². The van der Waals surface area contributed by atoms with Gasteiger partial charge in [0.2, 0.25) is 17.7 Å². The number of hydrogen-bond donors (Lipinski definition) is 2. The largest absolute Gasteiger partial charge is 0.323 e. The number of amides is 3. The molecule has 3 amide bonds. The van der Waals surface area contributed by atoms with E-state index in [0.29, 0.717) is 22.0 Å². The van der Waals surface area contributed by atoms with Crippen LogP contribution in [0.3, 0.4) is 0 Å². The van der Waals surface area contributed by atoms with Gasteiger partial charge in [0.1, 0.15) is 5.54 Å². The molecule has 12 heteroatoms. The van der Waals surface area contributed by atoms with Crippen LogP contribution in [0.5, 0.6) is 0 Å². The van der Waals surface area contributed by atoms with Crippen LogP contribution in [0.25, 0.3) is 0 Å². The molecule has 4 atom stereocenters. The Labute approximate surface area is 231 Å². The summed E-state index contributed by atoms with van der Waals surface area (Å²) in [6.45, 7) is 1.82. The van der Waals surface area contributed by atoms with Gasteiger partial charge in [0, 0.05) is 45.5 Å². The van der Waals surface area contributed by atoms with Gasteiger partial charge in [-0.25, -0.2) is 4.90 Å². The normalized spacial score (nSPS) is 26.1. The number of nitrogens with zero attached hydrogens (tertiary/aromatic N) is 3. The van der Waals surface area contributed by atoms with Crippen molar-refractivity contribution in [3.8, 4) is 0 Å². The third-order valence-electron chi connectivity index (χ3n) is 7.11. The molecule has 2 N–H and O–H groups in total. The molecule has 0 bridgehead atoms.